The number of carbonyl (C=O) groups is 2. The molecule has 0 aliphatic carbocycles. The fourth-order valence-corrected chi connectivity index (χ4v) is 4.68. The Balaban J connectivity index is 2.28. The molecule has 0 bridgehead atoms. The van der Waals surface area contributed by atoms with Gasteiger partial charge >= 0.3 is 0 Å². The molecule has 1 heterocycles. The molecule has 0 saturated carbocycles. The maximum absolute atomic E-state index is 13.7. The zero-order valence-corrected chi connectivity index (χ0v) is 16.2. The van der Waals surface area contributed by atoms with Gasteiger partial charge in [0.2, 0.25) is 16.2 Å². The molecular weight excluding hydrogens is 361 g/mol. The Morgan fingerprint density at radius 2 is 2.24 bits per heavy atom. The smallest absolute Gasteiger partial charge is 0.229 e. The highest BCUT2D eigenvalue weighted by molar-refractivity contribution is 8.23. The SMILES string of the molecule is CCOC(=S)SC(C)C1CN(C(C)=O)C(=O)CC1c1cccc(F)c1. The van der Waals surface area contributed by atoms with E-state index in [0.717, 1.165) is 5.56 Å². The van der Waals surface area contributed by atoms with Crippen molar-refractivity contribution in [3.63, 3.8) is 0 Å². The van der Waals surface area contributed by atoms with E-state index in [0.29, 0.717) is 17.5 Å². The molecule has 1 fully saturated rings. The van der Waals surface area contributed by atoms with E-state index in [1.165, 1.54) is 35.7 Å². The number of thioether (sulfide) groups is 1. The average molecular weight is 384 g/mol. The fraction of sp³-hybridized carbons (Fsp3) is 0.500. The third kappa shape index (κ3) is 5.01. The lowest BCUT2D eigenvalue weighted by Gasteiger charge is -2.39. The van der Waals surface area contributed by atoms with Gasteiger partial charge in [-0.05, 0) is 48.7 Å². The molecule has 25 heavy (non-hydrogen) atoms. The van der Waals surface area contributed by atoms with E-state index < -0.39 is 0 Å². The molecule has 7 heteroatoms. The van der Waals surface area contributed by atoms with Crippen LogP contribution in [0.3, 0.4) is 0 Å². The maximum atomic E-state index is 13.7. The van der Waals surface area contributed by atoms with Crippen LogP contribution in [0.15, 0.2) is 24.3 Å². The van der Waals surface area contributed by atoms with Gasteiger partial charge in [0, 0.05) is 25.1 Å². The zero-order chi connectivity index (χ0) is 18.6. The lowest BCUT2D eigenvalue weighted by Crippen LogP contribution is -2.48. The first-order chi connectivity index (χ1) is 11.8. The molecule has 3 atom stereocenters. The van der Waals surface area contributed by atoms with Gasteiger partial charge in [-0.1, -0.05) is 30.8 Å². The molecule has 0 radical (unpaired) electrons. The summed E-state index contributed by atoms with van der Waals surface area (Å²) in [7, 11) is 0. The molecule has 2 amide bonds. The van der Waals surface area contributed by atoms with E-state index in [1.807, 2.05) is 19.9 Å². The summed E-state index contributed by atoms with van der Waals surface area (Å²) >= 11 is 6.63. The summed E-state index contributed by atoms with van der Waals surface area (Å²) in [6, 6.07) is 6.32. The van der Waals surface area contributed by atoms with Crippen LogP contribution >= 0.6 is 24.0 Å². The monoisotopic (exact) mass is 383 g/mol. The van der Waals surface area contributed by atoms with Crippen LogP contribution in [0, 0.1) is 11.7 Å². The van der Waals surface area contributed by atoms with Crippen LogP contribution < -0.4 is 0 Å². The van der Waals surface area contributed by atoms with Crippen molar-refractivity contribution in [2.45, 2.75) is 38.4 Å². The maximum Gasteiger partial charge on any atom is 0.229 e. The van der Waals surface area contributed by atoms with Crippen molar-refractivity contribution < 1.29 is 18.7 Å². The predicted octanol–water partition coefficient (Wildman–Crippen LogP) is 3.75. The molecule has 1 aliphatic rings. The van der Waals surface area contributed by atoms with Crippen LogP contribution in [0.1, 0.15) is 38.7 Å². The van der Waals surface area contributed by atoms with E-state index in [1.54, 1.807) is 6.07 Å². The molecule has 1 aliphatic heterocycles. The Morgan fingerprint density at radius 1 is 1.52 bits per heavy atom. The molecule has 4 nitrogen and oxygen atoms in total. The van der Waals surface area contributed by atoms with Gasteiger partial charge in [0.05, 0.1) is 6.61 Å². The second-order valence-electron chi connectivity index (χ2n) is 6.06. The van der Waals surface area contributed by atoms with E-state index in [4.69, 9.17) is 17.0 Å². The van der Waals surface area contributed by atoms with Crippen molar-refractivity contribution in [2.75, 3.05) is 13.2 Å². The van der Waals surface area contributed by atoms with E-state index in [2.05, 4.69) is 0 Å². The largest absolute Gasteiger partial charge is 0.479 e. The molecular formula is C18H22FNO3S2. The van der Waals surface area contributed by atoms with E-state index in [9.17, 15) is 14.0 Å². The van der Waals surface area contributed by atoms with Crippen LogP contribution in [-0.4, -0.2) is 39.5 Å². The topological polar surface area (TPSA) is 46.6 Å². The number of amides is 2. The van der Waals surface area contributed by atoms with Gasteiger partial charge in [0.1, 0.15) is 5.82 Å². The van der Waals surface area contributed by atoms with Crippen molar-refractivity contribution in [2.24, 2.45) is 5.92 Å². The summed E-state index contributed by atoms with van der Waals surface area (Å²) < 4.78 is 19.5. The number of nitrogens with zero attached hydrogens (tertiary/aromatic N) is 1. The van der Waals surface area contributed by atoms with Crippen molar-refractivity contribution in [3.05, 3.63) is 35.6 Å². The number of imide groups is 1. The number of benzene rings is 1. The average Bonchev–Trinajstić information content (AvgIpc) is 2.54. The van der Waals surface area contributed by atoms with E-state index in [-0.39, 0.29) is 41.1 Å². The van der Waals surface area contributed by atoms with Gasteiger partial charge < -0.3 is 4.74 Å². The van der Waals surface area contributed by atoms with Crippen molar-refractivity contribution >= 4 is 40.2 Å². The number of hydrogen-bond acceptors (Lipinski definition) is 5. The number of hydrogen-bond donors (Lipinski definition) is 0. The summed E-state index contributed by atoms with van der Waals surface area (Å²) in [6.07, 6.45) is 0.181. The van der Waals surface area contributed by atoms with Gasteiger partial charge in [-0.25, -0.2) is 4.39 Å². The summed E-state index contributed by atoms with van der Waals surface area (Å²) in [5.41, 5.74) is 0.774. The minimum Gasteiger partial charge on any atom is -0.479 e. The fourth-order valence-electron chi connectivity index (χ4n) is 3.16. The quantitative estimate of drug-likeness (QED) is 0.741. The van der Waals surface area contributed by atoms with E-state index >= 15 is 0 Å². The molecule has 2 rings (SSSR count). The highest BCUT2D eigenvalue weighted by Crippen LogP contribution is 2.40. The molecule has 1 aromatic rings. The van der Waals surface area contributed by atoms with Crippen LogP contribution in [0.5, 0.6) is 0 Å². The molecule has 3 unspecified atom stereocenters. The second kappa shape index (κ2) is 8.76. The molecule has 0 spiro atoms. The Morgan fingerprint density at radius 3 is 2.84 bits per heavy atom. The predicted molar refractivity (Wildman–Crippen MR) is 101 cm³/mol. The minimum absolute atomic E-state index is 0.0160. The highest BCUT2D eigenvalue weighted by Gasteiger charge is 2.40. The number of piperidine rings is 1. The third-order valence-electron chi connectivity index (χ3n) is 4.41. The summed E-state index contributed by atoms with van der Waals surface area (Å²) in [5, 5.41) is 0.0160. The van der Waals surface area contributed by atoms with Crippen molar-refractivity contribution in [3.8, 4) is 0 Å². The van der Waals surface area contributed by atoms with Crippen LogP contribution in [-0.2, 0) is 14.3 Å². The first kappa shape index (κ1) is 19.8. The van der Waals surface area contributed by atoms with Gasteiger partial charge in [-0.3, -0.25) is 14.5 Å². The van der Waals surface area contributed by atoms with Gasteiger partial charge in [0.25, 0.3) is 0 Å². The highest BCUT2D eigenvalue weighted by atomic mass is 32.2. The standard InChI is InChI=1S/C18H22FNO3S2/c1-4-23-18(24)25-11(2)16-10-20(12(3)21)17(22)9-15(16)13-6-5-7-14(19)8-13/h5-8,11,15-16H,4,9-10H2,1-3H3. The normalized spacial score (nSPS) is 21.8. The molecule has 136 valence electrons. The van der Waals surface area contributed by atoms with Crippen LogP contribution in [0.25, 0.3) is 0 Å². The Labute approximate surface area is 157 Å². The van der Waals surface area contributed by atoms with Crippen LogP contribution in [0.2, 0.25) is 0 Å². The Kier molecular flexibility index (Phi) is 6.95. The lowest BCUT2D eigenvalue weighted by atomic mass is 9.78. The molecule has 0 aromatic heterocycles. The number of thiocarbonyl (C=S) groups is 1. The third-order valence-corrected chi connectivity index (χ3v) is 5.85. The number of halogens is 1. The van der Waals surface area contributed by atoms with Crippen LogP contribution in [0.4, 0.5) is 4.39 Å². The van der Waals surface area contributed by atoms with Gasteiger partial charge in [-0.2, -0.15) is 0 Å². The molecule has 1 saturated heterocycles. The minimum atomic E-state index is -0.331. The summed E-state index contributed by atoms with van der Waals surface area (Å²) in [6.45, 7) is 6.05. The van der Waals surface area contributed by atoms with Crippen molar-refractivity contribution in [1.29, 1.82) is 0 Å². The first-order valence-corrected chi connectivity index (χ1v) is 9.52. The first-order valence-electron chi connectivity index (χ1n) is 8.23. The second-order valence-corrected chi connectivity index (χ2v) is 8.04. The Hall–Kier alpha value is -1.47. The zero-order valence-electron chi connectivity index (χ0n) is 14.5. The van der Waals surface area contributed by atoms with Crippen molar-refractivity contribution in [1.82, 2.24) is 4.90 Å². The van der Waals surface area contributed by atoms with Gasteiger partial charge in [-0.15, -0.1) is 0 Å². The molecule has 0 N–H and O–H groups in total. The number of likely N-dealkylation sites (tertiary alicyclic amines) is 1. The lowest BCUT2D eigenvalue weighted by molar-refractivity contribution is -0.147. The summed E-state index contributed by atoms with van der Waals surface area (Å²) in [5.74, 6) is -1.01. The Bertz CT molecular complexity index is 667. The summed E-state index contributed by atoms with van der Waals surface area (Å²) in [4.78, 5) is 25.4. The molecule has 1 aromatic carbocycles. The number of ether oxygens (including phenoxy) is 1. The van der Waals surface area contributed by atoms with Gasteiger partial charge in [0.15, 0.2) is 0 Å². The number of carbonyl (C=O) groups excluding carboxylic acids is 2. The number of rotatable bonds is 4.